The van der Waals surface area contributed by atoms with E-state index in [9.17, 15) is 9.59 Å². The van der Waals surface area contributed by atoms with Crippen LogP contribution in [0.15, 0.2) is 0 Å². The van der Waals surface area contributed by atoms with Gasteiger partial charge in [0, 0.05) is 5.41 Å². The Balaban J connectivity index is 3.19. The Morgan fingerprint density at radius 2 is 1.71 bits per heavy atom. The lowest BCUT2D eigenvalue weighted by Crippen LogP contribution is -2.58. The van der Waals surface area contributed by atoms with Crippen LogP contribution in [0, 0.1) is 5.41 Å². The number of hydrogen-bond donors (Lipinski definition) is 0. The number of carbonyl (C=O) groups is 2. The molecule has 1 fully saturated rings. The molecule has 0 aromatic carbocycles. The highest BCUT2D eigenvalue weighted by Gasteiger charge is 2.57. The summed E-state index contributed by atoms with van der Waals surface area (Å²) in [6, 6.07) is 0. The van der Waals surface area contributed by atoms with Gasteiger partial charge < -0.3 is 14.2 Å². The van der Waals surface area contributed by atoms with Crippen LogP contribution in [0.1, 0.15) is 48.5 Å². The van der Waals surface area contributed by atoms with Crippen LogP contribution >= 0.6 is 0 Å². The van der Waals surface area contributed by atoms with E-state index in [0.29, 0.717) is 0 Å². The van der Waals surface area contributed by atoms with Gasteiger partial charge in [-0.2, -0.15) is 0 Å². The third kappa shape index (κ3) is 3.67. The van der Waals surface area contributed by atoms with Gasteiger partial charge in [0.05, 0.1) is 13.7 Å². The fourth-order valence-electron chi connectivity index (χ4n) is 2.27. The standard InChI is InChI=1S/C15H27NO5/c1-13(2,3)10-16(12(18)21-14(4,5)6)15(7,9-20-10)11(17)19-8/h10H,9H2,1-8H3/t10-,15+/m1/s1. The largest absolute Gasteiger partial charge is 0.467 e. The fourth-order valence-corrected chi connectivity index (χ4v) is 2.27. The second-order valence-electron chi connectivity index (χ2n) is 7.65. The van der Waals surface area contributed by atoms with Gasteiger partial charge in [0.2, 0.25) is 0 Å². The summed E-state index contributed by atoms with van der Waals surface area (Å²) in [4.78, 5) is 26.1. The Hall–Kier alpha value is -1.30. The molecule has 1 saturated heterocycles. The average Bonchev–Trinajstić information content (AvgIpc) is 2.64. The molecule has 21 heavy (non-hydrogen) atoms. The maximum Gasteiger partial charge on any atom is 0.413 e. The van der Waals surface area contributed by atoms with Crippen LogP contribution in [0.25, 0.3) is 0 Å². The fraction of sp³-hybridized carbons (Fsp3) is 0.867. The molecule has 0 bridgehead atoms. The van der Waals surface area contributed by atoms with Crippen LogP contribution in [0.5, 0.6) is 0 Å². The molecule has 0 aliphatic carbocycles. The minimum absolute atomic E-state index is 0.0842. The molecule has 1 amide bonds. The van der Waals surface area contributed by atoms with Gasteiger partial charge in [-0.3, -0.25) is 4.90 Å². The lowest BCUT2D eigenvalue weighted by atomic mass is 9.91. The Kier molecular flexibility index (Phi) is 4.63. The summed E-state index contributed by atoms with van der Waals surface area (Å²) in [5.41, 5.74) is -2.20. The van der Waals surface area contributed by atoms with Gasteiger partial charge in [-0.05, 0) is 27.7 Å². The summed E-state index contributed by atoms with van der Waals surface area (Å²) >= 11 is 0. The molecule has 6 heteroatoms. The van der Waals surface area contributed by atoms with Crippen molar-refractivity contribution >= 4 is 12.1 Å². The van der Waals surface area contributed by atoms with E-state index < -0.39 is 29.4 Å². The molecule has 2 atom stereocenters. The summed E-state index contributed by atoms with van der Waals surface area (Å²) < 4.78 is 16.0. The normalized spacial score (nSPS) is 26.7. The summed E-state index contributed by atoms with van der Waals surface area (Å²) in [5.74, 6) is -0.514. The summed E-state index contributed by atoms with van der Waals surface area (Å²) in [6.45, 7) is 12.9. The van der Waals surface area contributed by atoms with E-state index in [0.717, 1.165) is 0 Å². The third-order valence-electron chi connectivity index (χ3n) is 3.24. The van der Waals surface area contributed by atoms with Crippen molar-refractivity contribution in [2.45, 2.75) is 65.8 Å². The Labute approximate surface area is 126 Å². The van der Waals surface area contributed by atoms with Crippen molar-refractivity contribution in [2.24, 2.45) is 5.41 Å². The van der Waals surface area contributed by atoms with Gasteiger partial charge in [0.15, 0.2) is 5.54 Å². The Morgan fingerprint density at radius 1 is 1.19 bits per heavy atom. The van der Waals surface area contributed by atoms with Crippen molar-refractivity contribution in [1.29, 1.82) is 0 Å². The topological polar surface area (TPSA) is 65.1 Å². The van der Waals surface area contributed by atoms with E-state index in [1.165, 1.54) is 12.0 Å². The minimum atomic E-state index is -1.19. The number of nitrogens with zero attached hydrogens (tertiary/aromatic N) is 1. The summed E-state index contributed by atoms with van der Waals surface area (Å²) in [7, 11) is 1.30. The lowest BCUT2D eigenvalue weighted by Gasteiger charge is -2.39. The molecule has 1 heterocycles. The molecular formula is C15H27NO5. The highest BCUT2D eigenvalue weighted by Crippen LogP contribution is 2.38. The van der Waals surface area contributed by atoms with E-state index in [2.05, 4.69) is 0 Å². The number of hydrogen-bond acceptors (Lipinski definition) is 5. The number of esters is 1. The zero-order chi connectivity index (χ0) is 16.6. The lowest BCUT2D eigenvalue weighted by molar-refractivity contribution is -0.153. The molecule has 1 rings (SSSR count). The maximum atomic E-state index is 12.6. The van der Waals surface area contributed by atoms with Gasteiger partial charge in [0.1, 0.15) is 11.8 Å². The molecule has 1 aliphatic rings. The Morgan fingerprint density at radius 3 is 2.10 bits per heavy atom. The molecule has 0 unspecified atom stereocenters. The van der Waals surface area contributed by atoms with E-state index in [1.54, 1.807) is 27.7 Å². The monoisotopic (exact) mass is 301 g/mol. The molecule has 0 N–H and O–H groups in total. The predicted octanol–water partition coefficient (Wildman–Crippen LogP) is 2.56. The van der Waals surface area contributed by atoms with Crippen LogP contribution < -0.4 is 0 Å². The molecule has 0 saturated carbocycles. The molecule has 122 valence electrons. The van der Waals surface area contributed by atoms with Crippen LogP contribution in [0.3, 0.4) is 0 Å². The van der Waals surface area contributed by atoms with E-state index in [4.69, 9.17) is 14.2 Å². The van der Waals surface area contributed by atoms with Gasteiger partial charge in [-0.25, -0.2) is 9.59 Å². The van der Waals surface area contributed by atoms with Crippen LogP contribution in [0.4, 0.5) is 4.79 Å². The molecule has 0 aromatic rings. The van der Waals surface area contributed by atoms with Crippen molar-refractivity contribution in [3.05, 3.63) is 0 Å². The highest BCUT2D eigenvalue weighted by molar-refractivity contribution is 5.86. The molecule has 0 spiro atoms. The average molecular weight is 301 g/mol. The van der Waals surface area contributed by atoms with Gasteiger partial charge in [-0.15, -0.1) is 0 Å². The first-order valence-corrected chi connectivity index (χ1v) is 7.05. The second kappa shape index (κ2) is 5.48. The van der Waals surface area contributed by atoms with Gasteiger partial charge >= 0.3 is 12.1 Å². The van der Waals surface area contributed by atoms with Crippen molar-refractivity contribution in [3.8, 4) is 0 Å². The van der Waals surface area contributed by atoms with Crippen molar-refractivity contribution < 1.29 is 23.8 Å². The number of ether oxygens (including phenoxy) is 3. The second-order valence-corrected chi connectivity index (χ2v) is 7.65. The SMILES string of the molecule is COC(=O)[C@]1(C)CO[C@H](C(C)(C)C)N1C(=O)OC(C)(C)C. The molecule has 0 aromatic heterocycles. The van der Waals surface area contributed by atoms with E-state index in [-0.39, 0.29) is 12.0 Å². The number of carbonyl (C=O) groups excluding carboxylic acids is 2. The molecule has 6 nitrogen and oxygen atoms in total. The zero-order valence-electron chi connectivity index (χ0n) is 14.3. The smallest absolute Gasteiger partial charge is 0.413 e. The number of amides is 1. The molecule has 1 aliphatic heterocycles. The number of methoxy groups -OCH3 is 1. The molecule has 0 radical (unpaired) electrons. The van der Waals surface area contributed by atoms with E-state index >= 15 is 0 Å². The van der Waals surface area contributed by atoms with Crippen molar-refractivity contribution in [1.82, 2.24) is 4.90 Å². The third-order valence-corrected chi connectivity index (χ3v) is 3.24. The first-order chi connectivity index (χ1) is 9.33. The first-order valence-electron chi connectivity index (χ1n) is 7.05. The highest BCUT2D eigenvalue weighted by atomic mass is 16.6. The maximum absolute atomic E-state index is 12.6. The van der Waals surface area contributed by atoms with Crippen LogP contribution in [-0.2, 0) is 19.0 Å². The molecular weight excluding hydrogens is 274 g/mol. The van der Waals surface area contributed by atoms with Crippen LogP contribution in [-0.4, -0.2) is 48.0 Å². The predicted molar refractivity (Wildman–Crippen MR) is 77.7 cm³/mol. The van der Waals surface area contributed by atoms with Crippen LogP contribution in [0.2, 0.25) is 0 Å². The van der Waals surface area contributed by atoms with Crippen molar-refractivity contribution in [3.63, 3.8) is 0 Å². The zero-order valence-corrected chi connectivity index (χ0v) is 14.3. The summed E-state index contributed by atoms with van der Waals surface area (Å²) in [6.07, 6.45) is -1.13. The van der Waals surface area contributed by atoms with E-state index in [1.807, 2.05) is 20.8 Å². The van der Waals surface area contributed by atoms with Crippen molar-refractivity contribution in [2.75, 3.05) is 13.7 Å². The number of rotatable bonds is 1. The minimum Gasteiger partial charge on any atom is -0.467 e. The van der Waals surface area contributed by atoms with Gasteiger partial charge in [0.25, 0.3) is 0 Å². The Bertz CT molecular complexity index is 421. The van der Waals surface area contributed by atoms with Gasteiger partial charge in [-0.1, -0.05) is 20.8 Å². The summed E-state index contributed by atoms with van der Waals surface area (Å²) in [5, 5.41) is 0. The quantitative estimate of drug-likeness (QED) is 0.696. The first kappa shape index (κ1) is 17.8.